The van der Waals surface area contributed by atoms with E-state index in [1.165, 1.54) is 34.4 Å². The number of hydrogen-bond donors (Lipinski definition) is 2. The number of nitrogens with zero attached hydrogens (tertiary/aromatic N) is 4. The lowest BCUT2D eigenvalue weighted by Crippen LogP contribution is -2.28. The third kappa shape index (κ3) is 4.50. The van der Waals surface area contributed by atoms with Gasteiger partial charge in [0, 0.05) is 41.8 Å². The number of rotatable bonds is 7. The molecule has 2 aromatic heterocycles. The number of thiazole rings is 1. The summed E-state index contributed by atoms with van der Waals surface area (Å²) < 4.78 is 0. The second-order valence-electron chi connectivity index (χ2n) is 10.9. The smallest absolute Gasteiger partial charge is 0.189 e. The van der Waals surface area contributed by atoms with Crippen LogP contribution in [0.5, 0.6) is 0 Å². The van der Waals surface area contributed by atoms with E-state index in [0.29, 0.717) is 6.04 Å². The maximum Gasteiger partial charge on any atom is 0.189 e. The van der Waals surface area contributed by atoms with Gasteiger partial charge in [0.25, 0.3) is 0 Å². The van der Waals surface area contributed by atoms with Crippen molar-refractivity contribution in [2.75, 3.05) is 29.6 Å². The molecular weight excluding hydrogens is 509 g/mol. The Morgan fingerprint density at radius 3 is 2.66 bits per heavy atom. The van der Waals surface area contributed by atoms with Crippen LogP contribution >= 0.6 is 20.5 Å². The summed E-state index contributed by atoms with van der Waals surface area (Å²) >= 11 is 1.66. The molecule has 2 aliphatic heterocycles. The van der Waals surface area contributed by atoms with Crippen LogP contribution < -0.4 is 15.5 Å². The highest BCUT2D eigenvalue weighted by Gasteiger charge is 2.37. The van der Waals surface area contributed by atoms with Gasteiger partial charge in [-0.15, -0.1) is 0 Å². The number of benzene rings is 1. The minimum Gasteiger partial charge on any atom is -0.370 e. The summed E-state index contributed by atoms with van der Waals surface area (Å²) in [6.07, 6.45) is 4.82. The largest absolute Gasteiger partial charge is 0.370 e. The van der Waals surface area contributed by atoms with Crippen molar-refractivity contribution in [1.82, 2.24) is 20.2 Å². The molecule has 38 heavy (non-hydrogen) atoms. The van der Waals surface area contributed by atoms with Gasteiger partial charge in [-0.05, 0) is 74.3 Å². The molecule has 1 aromatic carbocycles. The number of aromatic nitrogens is 2. The van der Waals surface area contributed by atoms with E-state index >= 15 is 0 Å². The number of pyridine rings is 1. The average Bonchev–Trinajstić information content (AvgIpc) is 3.41. The SMILES string of the molecule is C=C1NCCN1c1cccc(Nc2nc(C)c(-c3cc4c(c(S(=C)(=C)C)c3)C(=C)N(C(C)C3CC3)C4)s2)n1. The lowest BCUT2D eigenvalue weighted by atomic mass is 10.0. The summed E-state index contributed by atoms with van der Waals surface area (Å²) in [5.74, 6) is 12.3. The standard InChI is InChI=1S/C30H36N6S2/c1-18-29(37-30(32-18)34-26-9-8-10-27(33-26)35-14-13-31-21(35)4)23-15-24-17-36(19(2)22-11-12-22)20(3)28(24)25(16-23)38(5,6)7/h8-10,15-16,19,22,31H,3-6,11-14,17H2,1-2,7H3,(H,32,33,34). The molecule has 0 bridgehead atoms. The quantitative estimate of drug-likeness (QED) is 0.337. The van der Waals surface area contributed by atoms with Crippen molar-refractivity contribution in [3.05, 3.63) is 66.1 Å². The van der Waals surface area contributed by atoms with E-state index in [1.807, 2.05) is 18.2 Å². The topological polar surface area (TPSA) is 56.3 Å². The Kier molecular flexibility index (Phi) is 6.07. The first-order valence-corrected chi connectivity index (χ1v) is 16.3. The molecule has 0 spiro atoms. The molecule has 198 valence electrons. The van der Waals surface area contributed by atoms with E-state index < -0.39 is 9.21 Å². The molecule has 1 atom stereocenters. The number of nitrogens with one attached hydrogen (secondary N) is 2. The third-order valence-corrected chi connectivity index (χ3v) is 10.3. The molecule has 3 aromatic rings. The first kappa shape index (κ1) is 25.1. The predicted octanol–water partition coefficient (Wildman–Crippen LogP) is 6.38. The van der Waals surface area contributed by atoms with Crippen LogP contribution in [0.15, 0.2) is 54.2 Å². The van der Waals surface area contributed by atoms with Gasteiger partial charge < -0.3 is 20.4 Å². The van der Waals surface area contributed by atoms with Crippen LogP contribution in [0.3, 0.4) is 0 Å². The summed E-state index contributed by atoms with van der Waals surface area (Å²) in [7, 11) is -1.46. The first-order chi connectivity index (χ1) is 18.1. The van der Waals surface area contributed by atoms with Gasteiger partial charge >= 0.3 is 0 Å². The zero-order chi connectivity index (χ0) is 26.8. The lowest BCUT2D eigenvalue weighted by molar-refractivity contribution is 0.290. The molecule has 3 aliphatic rings. The summed E-state index contributed by atoms with van der Waals surface area (Å²) in [6, 6.07) is 11.1. The van der Waals surface area contributed by atoms with Gasteiger partial charge in [-0.25, -0.2) is 9.97 Å². The minimum absolute atomic E-state index is 0.514. The second-order valence-corrected chi connectivity index (χ2v) is 14.9. The van der Waals surface area contributed by atoms with Crippen LogP contribution in [0, 0.1) is 12.8 Å². The maximum absolute atomic E-state index is 4.87. The molecular formula is C30H36N6S2. The summed E-state index contributed by atoms with van der Waals surface area (Å²) in [4.78, 5) is 16.7. The highest BCUT2D eigenvalue weighted by Crippen LogP contribution is 2.48. The van der Waals surface area contributed by atoms with Crippen molar-refractivity contribution in [2.24, 2.45) is 5.92 Å². The molecule has 0 amide bonds. The molecule has 8 heteroatoms. The zero-order valence-corrected chi connectivity index (χ0v) is 24.1. The van der Waals surface area contributed by atoms with E-state index in [1.54, 1.807) is 11.3 Å². The summed E-state index contributed by atoms with van der Waals surface area (Å²) in [5, 5.41) is 7.53. The van der Waals surface area contributed by atoms with Crippen LogP contribution in [0.25, 0.3) is 16.1 Å². The van der Waals surface area contributed by atoms with Gasteiger partial charge in [0.2, 0.25) is 0 Å². The van der Waals surface area contributed by atoms with E-state index in [-0.39, 0.29) is 0 Å². The lowest BCUT2D eigenvalue weighted by Gasteiger charge is -2.28. The molecule has 1 saturated carbocycles. The highest BCUT2D eigenvalue weighted by molar-refractivity contribution is 8.27. The monoisotopic (exact) mass is 544 g/mol. The van der Waals surface area contributed by atoms with Crippen molar-refractivity contribution in [2.45, 2.75) is 44.2 Å². The molecule has 6 nitrogen and oxygen atoms in total. The molecule has 2 N–H and O–H groups in total. The van der Waals surface area contributed by atoms with Crippen LogP contribution in [0.1, 0.15) is 36.6 Å². The Morgan fingerprint density at radius 2 is 1.97 bits per heavy atom. The second kappa shape index (κ2) is 9.20. The normalized spacial score (nSPS) is 18.1. The first-order valence-electron chi connectivity index (χ1n) is 13.1. The van der Waals surface area contributed by atoms with Crippen molar-refractivity contribution < 1.29 is 0 Å². The fourth-order valence-electron chi connectivity index (χ4n) is 5.56. The molecule has 6 rings (SSSR count). The number of aryl methyl sites for hydroxylation is 1. The van der Waals surface area contributed by atoms with E-state index in [0.717, 1.165) is 64.4 Å². The Balaban J connectivity index is 1.33. The Bertz CT molecular complexity index is 1560. The van der Waals surface area contributed by atoms with E-state index in [2.05, 4.69) is 77.6 Å². The van der Waals surface area contributed by atoms with Crippen molar-refractivity contribution >= 4 is 54.7 Å². The minimum atomic E-state index is -1.46. The molecule has 1 aliphatic carbocycles. The zero-order valence-electron chi connectivity index (χ0n) is 22.5. The Morgan fingerprint density at radius 1 is 1.18 bits per heavy atom. The van der Waals surface area contributed by atoms with Crippen LogP contribution in [-0.4, -0.2) is 52.0 Å². The Hall–Kier alpha value is -3.23. The molecule has 1 saturated heterocycles. The molecule has 1 unspecified atom stereocenters. The fraction of sp³-hybridized carbons (Fsp3) is 0.333. The average molecular weight is 545 g/mol. The summed E-state index contributed by atoms with van der Waals surface area (Å²) in [6.45, 7) is 15.7. The van der Waals surface area contributed by atoms with Gasteiger partial charge in [-0.1, -0.05) is 42.3 Å². The number of hydrogen-bond acceptors (Lipinski definition) is 7. The van der Waals surface area contributed by atoms with Crippen molar-refractivity contribution in [1.29, 1.82) is 0 Å². The summed E-state index contributed by atoms with van der Waals surface area (Å²) in [5.41, 5.74) is 5.92. The van der Waals surface area contributed by atoms with Crippen LogP contribution in [-0.2, 0) is 6.54 Å². The third-order valence-electron chi connectivity index (χ3n) is 7.78. The van der Waals surface area contributed by atoms with Gasteiger partial charge in [-0.2, -0.15) is 9.21 Å². The van der Waals surface area contributed by atoms with Gasteiger partial charge in [0.05, 0.1) is 16.4 Å². The van der Waals surface area contributed by atoms with Gasteiger partial charge in [0.15, 0.2) is 5.13 Å². The van der Waals surface area contributed by atoms with Crippen molar-refractivity contribution in [3.8, 4) is 10.4 Å². The predicted molar refractivity (Wildman–Crippen MR) is 167 cm³/mol. The Labute approximate surface area is 230 Å². The fourth-order valence-corrected chi connectivity index (χ4v) is 7.67. The molecule has 0 radical (unpaired) electrons. The molecule has 2 fully saturated rings. The number of anilines is 3. The number of fused-ring (bicyclic) bond motifs is 1. The van der Waals surface area contributed by atoms with Crippen LogP contribution in [0.2, 0.25) is 0 Å². The van der Waals surface area contributed by atoms with E-state index in [4.69, 9.17) is 9.97 Å². The van der Waals surface area contributed by atoms with Crippen molar-refractivity contribution in [3.63, 3.8) is 0 Å². The van der Waals surface area contributed by atoms with Gasteiger partial charge in [0.1, 0.15) is 11.6 Å². The molecule has 4 heterocycles. The maximum atomic E-state index is 4.87. The highest BCUT2D eigenvalue weighted by atomic mass is 32.2. The van der Waals surface area contributed by atoms with E-state index in [9.17, 15) is 0 Å². The van der Waals surface area contributed by atoms with Gasteiger partial charge in [-0.3, -0.25) is 0 Å². The van der Waals surface area contributed by atoms with Crippen LogP contribution in [0.4, 0.5) is 16.8 Å².